The van der Waals surface area contributed by atoms with E-state index in [1.54, 1.807) is 13.8 Å². The average molecular weight is 363 g/mol. The summed E-state index contributed by atoms with van der Waals surface area (Å²) in [5, 5.41) is 12.0. The fourth-order valence-corrected chi connectivity index (χ4v) is 2.90. The molecule has 0 saturated carbocycles. The van der Waals surface area contributed by atoms with Gasteiger partial charge in [0.25, 0.3) is 5.56 Å². The molecule has 10 nitrogen and oxygen atoms in total. The third kappa shape index (κ3) is 3.01. The van der Waals surface area contributed by atoms with E-state index in [9.17, 15) is 19.5 Å². The minimum atomic E-state index is -1.02. The zero-order chi connectivity index (χ0) is 19.0. The molecule has 140 valence electrons. The molecule has 10 heteroatoms. The molecular weight excluding hydrogens is 342 g/mol. The Morgan fingerprint density at radius 2 is 2.19 bits per heavy atom. The summed E-state index contributed by atoms with van der Waals surface area (Å²) in [6, 6.07) is 0. The quantitative estimate of drug-likeness (QED) is 0.689. The third-order valence-electron chi connectivity index (χ3n) is 4.41. The molecule has 0 aromatic carbocycles. The van der Waals surface area contributed by atoms with E-state index in [4.69, 9.17) is 4.74 Å². The Morgan fingerprint density at radius 1 is 1.46 bits per heavy atom. The van der Waals surface area contributed by atoms with E-state index in [2.05, 4.69) is 20.3 Å². The molecule has 0 aliphatic carbocycles. The molecule has 26 heavy (non-hydrogen) atoms. The summed E-state index contributed by atoms with van der Waals surface area (Å²) in [5.41, 5.74) is -0.381. The van der Waals surface area contributed by atoms with Gasteiger partial charge in [0.15, 0.2) is 23.2 Å². The van der Waals surface area contributed by atoms with Crippen LogP contribution in [0.2, 0.25) is 0 Å². The highest BCUT2D eigenvalue weighted by Crippen LogP contribution is 2.32. The van der Waals surface area contributed by atoms with Crippen molar-refractivity contribution in [2.45, 2.75) is 39.5 Å². The third-order valence-corrected chi connectivity index (χ3v) is 4.41. The number of ether oxygens (including phenoxy) is 1. The van der Waals surface area contributed by atoms with Crippen molar-refractivity contribution in [1.82, 2.24) is 19.5 Å². The van der Waals surface area contributed by atoms with Crippen LogP contribution in [0.1, 0.15) is 33.4 Å². The second-order valence-electron chi connectivity index (χ2n) is 6.51. The first-order valence-electron chi connectivity index (χ1n) is 8.45. The fourth-order valence-electron chi connectivity index (χ4n) is 2.90. The Balaban J connectivity index is 2.02. The molecule has 2 aromatic heterocycles. The van der Waals surface area contributed by atoms with Crippen LogP contribution in [0.25, 0.3) is 11.2 Å². The maximum Gasteiger partial charge on any atom is 0.280 e. The van der Waals surface area contributed by atoms with Gasteiger partial charge >= 0.3 is 0 Å². The van der Waals surface area contributed by atoms with E-state index in [1.165, 1.54) is 10.9 Å². The summed E-state index contributed by atoms with van der Waals surface area (Å²) >= 11 is 0. The van der Waals surface area contributed by atoms with E-state index in [0.29, 0.717) is 6.42 Å². The van der Waals surface area contributed by atoms with Gasteiger partial charge in [-0.05, 0) is 6.42 Å². The lowest BCUT2D eigenvalue weighted by Gasteiger charge is -2.13. The van der Waals surface area contributed by atoms with Crippen molar-refractivity contribution in [2.75, 3.05) is 11.9 Å². The Hall–Kier alpha value is -2.59. The molecule has 0 spiro atoms. The van der Waals surface area contributed by atoms with Crippen LogP contribution < -0.4 is 10.9 Å². The summed E-state index contributed by atoms with van der Waals surface area (Å²) in [5.74, 6) is -1.56. The molecule has 1 fully saturated rings. The Morgan fingerprint density at radius 3 is 2.77 bits per heavy atom. The zero-order valence-corrected chi connectivity index (χ0v) is 14.7. The topological polar surface area (TPSA) is 139 Å². The lowest BCUT2D eigenvalue weighted by Crippen LogP contribution is -2.25. The number of aromatic amines is 1. The van der Waals surface area contributed by atoms with Gasteiger partial charge in [0, 0.05) is 5.92 Å². The van der Waals surface area contributed by atoms with Crippen molar-refractivity contribution in [1.29, 1.82) is 0 Å². The highest BCUT2D eigenvalue weighted by Gasteiger charge is 2.43. The first-order valence-corrected chi connectivity index (χ1v) is 8.45. The van der Waals surface area contributed by atoms with Crippen LogP contribution in [0.15, 0.2) is 11.1 Å². The summed E-state index contributed by atoms with van der Waals surface area (Å²) in [4.78, 5) is 47.3. The van der Waals surface area contributed by atoms with Crippen molar-refractivity contribution < 1.29 is 19.4 Å². The van der Waals surface area contributed by atoms with Crippen molar-refractivity contribution in [2.24, 2.45) is 11.8 Å². The Labute approximate surface area is 148 Å². The number of aliphatic hydroxyl groups is 1. The second-order valence-corrected chi connectivity index (χ2v) is 6.51. The van der Waals surface area contributed by atoms with E-state index in [-0.39, 0.29) is 41.3 Å². The SMILES string of the molecule is CCC1OC(n2cnc3c(=O)[nH]c(NC(=O)C(C)C)nc32)C(=O)C1CO. The number of aromatic nitrogens is 4. The lowest BCUT2D eigenvalue weighted by molar-refractivity contribution is -0.128. The monoisotopic (exact) mass is 363 g/mol. The number of nitrogens with one attached hydrogen (secondary N) is 2. The first-order chi connectivity index (χ1) is 12.4. The zero-order valence-electron chi connectivity index (χ0n) is 14.7. The van der Waals surface area contributed by atoms with E-state index in [1.807, 2.05) is 6.92 Å². The van der Waals surface area contributed by atoms with E-state index in [0.717, 1.165) is 0 Å². The number of rotatable bonds is 5. The molecule has 3 atom stereocenters. The number of carbonyl (C=O) groups is 2. The normalized spacial score (nSPS) is 23.1. The smallest absolute Gasteiger partial charge is 0.280 e. The number of hydrogen-bond donors (Lipinski definition) is 3. The molecule has 3 heterocycles. The highest BCUT2D eigenvalue weighted by molar-refractivity contribution is 5.91. The van der Waals surface area contributed by atoms with Gasteiger partial charge in [-0.1, -0.05) is 20.8 Å². The number of H-pyrrole nitrogens is 1. The molecular formula is C16H21N5O5. The predicted molar refractivity (Wildman–Crippen MR) is 91.4 cm³/mol. The fraction of sp³-hybridized carbons (Fsp3) is 0.562. The highest BCUT2D eigenvalue weighted by atomic mass is 16.5. The van der Waals surface area contributed by atoms with E-state index >= 15 is 0 Å². The number of hydrogen-bond acceptors (Lipinski definition) is 7. The summed E-state index contributed by atoms with van der Waals surface area (Å²) in [6.07, 6.45) is 0.418. The van der Waals surface area contributed by atoms with E-state index < -0.39 is 23.8 Å². The van der Waals surface area contributed by atoms with Gasteiger partial charge in [-0.2, -0.15) is 4.98 Å². The van der Waals surface area contributed by atoms with Crippen LogP contribution >= 0.6 is 0 Å². The predicted octanol–water partition coefficient (Wildman–Crippen LogP) is 0.199. The molecule has 1 amide bonds. The van der Waals surface area contributed by atoms with Gasteiger partial charge in [0.1, 0.15) is 0 Å². The Kier molecular flexibility index (Phi) is 4.88. The minimum Gasteiger partial charge on any atom is -0.396 e. The summed E-state index contributed by atoms with van der Waals surface area (Å²) in [7, 11) is 0. The molecule has 1 aliphatic heterocycles. The summed E-state index contributed by atoms with van der Waals surface area (Å²) < 4.78 is 7.11. The summed E-state index contributed by atoms with van der Waals surface area (Å²) in [6.45, 7) is 4.96. The standard InChI is InChI=1S/C16H21N5O5/c1-4-9-8(5-22)11(23)15(26-9)21-6-17-10-12(21)18-16(20-14(10)25)19-13(24)7(2)3/h6-9,15,22H,4-5H2,1-3H3,(H2,18,19,20,24,25). The van der Waals surface area contributed by atoms with Gasteiger partial charge in [-0.3, -0.25) is 29.3 Å². The van der Waals surface area contributed by atoms with Crippen LogP contribution in [0.5, 0.6) is 0 Å². The average Bonchev–Trinajstić information content (AvgIpc) is 3.15. The molecule has 1 saturated heterocycles. The number of fused-ring (bicyclic) bond motifs is 1. The number of Topliss-reactive ketones (excluding diaryl/α,β-unsaturated/α-hetero) is 1. The molecule has 0 bridgehead atoms. The number of amides is 1. The molecule has 1 aliphatic rings. The van der Waals surface area contributed by atoms with Crippen LogP contribution in [-0.4, -0.2) is 49.0 Å². The molecule has 2 aromatic rings. The molecule has 3 rings (SSSR count). The van der Waals surface area contributed by atoms with Crippen LogP contribution in [-0.2, 0) is 14.3 Å². The molecule has 3 unspecified atom stereocenters. The van der Waals surface area contributed by atoms with Gasteiger partial charge in [-0.25, -0.2) is 4.98 Å². The van der Waals surface area contributed by atoms with Gasteiger partial charge < -0.3 is 9.84 Å². The largest absolute Gasteiger partial charge is 0.396 e. The second kappa shape index (κ2) is 6.96. The van der Waals surface area contributed by atoms with Gasteiger partial charge in [-0.15, -0.1) is 0 Å². The number of imidazole rings is 1. The van der Waals surface area contributed by atoms with Crippen molar-refractivity contribution in [3.05, 3.63) is 16.7 Å². The van der Waals surface area contributed by atoms with Crippen LogP contribution in [0.4, 0.5) is 5.95 Å². The van der Waals surface area contributed by atoms with Gasteiger partial charge in [0.05, 0.1) is 25.0 Å². The van der Waals surface area contributed by atoms with Crippen molar-refractivity contribution in [3.8, 4) is 0 Å². The number of ketones is 1. The minimum absolute atomic E-state index is 0.0286. The maximum absolute atomic E-state index is 12.6. The number of aliphatic hydroxyl groups excluding tert-OH is 1. The van der Waals surface area contributed by atoms with Crippen molar-refractivity contribution >= 4 is 28.8 Å². The Bertz CT molecular complexity index is 902. The number of anilines is 1. The first kappa shape index (κ1) is 18.2. The number of carbonyl (C=O) groups excluding carboxylic acids is 2. The maximum atomic E-state index is 12.6. The van der Waals surface area contributed by atoms with Gasteiger partial charge in [0.2, 0.25) is 11.9 Å². The number of nitrogens with zero attached hydrogens (tertiary/aromatic N) is 3. The van der Waals surface area contributed by atoms with Crippen LogP contribution in [0, 0.1) is 11.8 Å². The van der Waals surface area contributed by atoms with Crippen LogP contribution in [0.3, 0.4) is 0 Å². The van der Waals surface area contributed by atoms with Crippen molar-refractivity contribution in [3.63, 3.8) is 0 Å². The lowest BCUT2D eigenvalue weighted by atomic mass is 9.99. The molecule has 3 N–H and O–H groups in total. The molecule has 0 radical (unpaired) electrons.